The van der Waals surface area contributed by atoms with Crippen molar-refractivity contribution in [1.82, 2.24) is 9.88 Å². The summed E-state index contributed by atoms with van der Waals surface area (Å²) in [5.74, 6) is 1.04. The molecule has 0 unspecified atom stereocenters. The van der Waals surface area contributed by atoms with Crippen molar-refractivity contribution in [1.29, 1.82) is 0 Å². The molecule has 4 rings (SSSR count). The molecule has 2 fully saturated rings. The number of rotatable bonds is 4. The zero-order valence-corrected chi connectivity index (χ0v) is 16.3. The SMILES string of the molecule is COc1ccc(N2C(=O)C[C@@H](N3CCN(c4ccccn4)CC3)C2=O)cc1Cl. The number of hydrogen-bond acceptors (Lipinski definition) is 6. The van der Waals surface area contributed by atoms with E-state index >= 15 is 0 Å². The molecule has 0 saturated carbocycles. The number of nitrogens with zero attached hydrogens (tertiary/aromatic N) is 4. The van der Waals surface area contributed by atoms with Crippen LogP contribution in [-0.4, -0.2) is 61.0 Å². The van der Waals surface area contributed by atoms with Crippen LogP contribution in [0.25, 0.3) is 0 Å². The van der Waals surface area contributed by atoms with Crippen LogP contribution in [-0.2, 0) is 9.59 Å². The number of halogens is 1. The minimum atomic E-state index is -0.431. The van der Waals surface area contributed by atoms with Crippen LogP contribution in [0.1, 0.15) is 6.42 Å². The maximum atomic E-state index is 13.0. The molecule has 1 atom stereocenters. The summed E-state index contributed by atoms with van der Waals surface area (Å²) in [5.41, 5.74) is 0.482. The van der Waals surface area contributed by atoms with Crippen molar-refractivity contribution in [2.45, 2.75) is 12.5 Å². The molecule has 2 amide bonds. The van der Waals surface area contributed by atoms with Gasteiger partial charge in [0.25, 0.3) is 5.91 Å². The minimum absolute atomic E-state index is 0.187. The number of carbonyl (C=O) groups excluding carboxylic acids is 2. The maximum Gasteiger partial charge on any atom is 0.251 e. The molecule has 0 N–H and O–H groups in total. The van der Waals surface area contributed by atoms with Gasteiger partial charge in [0.05, 0.1) is 30.3 Å². The van der Waals surface area contributed by atoms with Gasteiger partial charge in [-0.3, -0.25) is 14.5 Å². The molecular weight excluding hydrogens is 380 g/mol. The van der Waals surface area contributed by atoms with E-state index in [0.29, 0.717) is 29.5 Å². The first-order valence-corrected chi connectivity index (χ1v) is 9.56. The summed E-state index contributed by atoms with van der Waals surface area (Å²) < 4.78 is 5.14. The molecule has 0 aliphatic carbocycles. The number of amides is 2. The van der Waals surface area contributed by atoms with E-state index in [0.717, 1.165) is 18.9 Å². The van der Waals surface area contributed by atoms with E-state index in [9.17, 15) is 9.59 Å². The van der Waals surface area contributed by atoms with Gasteiger partial charge in [-0.1, -0.05) is 17.7 Å². The first kappa shape index (κ1) is 18.7. The van der Waals surface area contributed by atoms with Crippen LogP contribution in [0.5, 0.6) is 5.75 Å². The normalized spacial score (nSPS) is 20.7. The van der Waals surface area contributed by atoms with Gasteiger partial charge in [0, 0.05) is 32.4 Å². The second kappa shape index (κ2) is 7.77. The molecular formula is C20H21ClN4O3. The number of ether oxygens (including phenoxy) is 1. The molecule has 146 valence electrons. The standard InChI is InChI=1S/C20H21ClN4O3/c1-28-17-6-5-14(12-15(17)21)25-19(26)13-16(20(25)27)23-8-10-24(11-9-23)18-4-2-3-7-22-18/h2-7,12,16H,8-11,13H2,1H3/t16-/m1/s1. The third-order valence-corrected chi connectivity index (χ3v) is 5.54. The average molecular weight is 401 g/mol. The smallest absolute Gasteiger partial charge is 0.251 e. The van der Waals surface area contributed by atoms with Crippen LogP contribution in [0.4, 0.5) is 11.5 Å². The first-order chi connectivity index (χ1) is 13.6. The van der Waals surface area contributed by atoms with E-state index < -0.39 is 6.04 Å². The van der Waals surface area contributed by atoms with Crippen molar-refractivity contribution >= 4 is 34.9 Å². The molecule has 8 heteroatoms. The van der Waals surface area contributed by atoms with Gasteiger partial charge < -0.3 is 9.64 Å². The summed E-state index contributed by atoms with van der Waals surface area (Å²) in [6.45, 7) is 2.95. The Morgan fingerprint density at radius 3 is 2.54 bits per heavy atom. The Bertz CT molecular complexity index is 884. The van der Waals surface area contributed by atoms with Crippen LogP contribution in [0.2, 0.25) is 5.02 Å². The number of piperazine rings is 1. The van der Waals surface area contributed by atoms with Gasteiger partial charge in [0.2, 0.25) is 5.91 Å². The van der Waals surface area contributed by atoms with Crippen molar-refractivity contribution in [2.24, 2.45) is 0 Å². The molecule has 1 aromatic heterocycles. The predicted molar refractivity (Wildman–Crippen MR) is 107 cm³/mol. The van der Waals surface area contributed by atoms with Crippen LogP contribution in [0.15, 0.2) is 42.6 Å². The summed E-state index contributed by atoms with van der Waals surface area (Å²) in [6, 6.07) is 10.3. The van der Waals surface area contributed by atoms with Crippen LogP contribution >= 0.6 is 11.6 Å². The largest absolute Gasteiger partial charge is 0.495 e. The Balaban J connectivity index is 1.45. The molecule has 2 aliphatic rings. The number of carbonyl (C=O) groups is 2. The minimum Gasteiger partial charge on any atom is -0.495 e. The summed E-state index contributed by atoms with van der Waals surface area (Å²) in [7, 11) is 1.52. The molecule has 0 radical (unpaired) electrons. The lowest BCUT2D eigenvalue weighted by atomic mass is 10.1. The molecule has 0 bridgehead atoms. The Hall–Kier alpha value is -2.64. The fourth-order valence-electron chi connectivity index (χ4n) is 3.77. The van der Waals surface area contributed by atoms with Crippen LogP contribution < -0.4 is 14.5 Å². The molecule has 2 saturated heterocycles. The molecule has 2 aliphatic heterocycles. The summed E-state index contributed by atoms with van der Waals surface area (Å²) in [4.78, 5) is 35.5. The van der Waals surface area contributed by atoms with E-state index in [4.69, 9.17) is 16.3 Å². The zero-order chi connectivity index (χ0) is 19.7. The van der Waals surface area contributed by atoms with E-state index in [1.54, 1.807) is 24.4 Å². The highest BCUT2D eigenvalue weighted by Gasteiger charge is 2.43. The van der Waals surface area contributed by atoms with Gasteiger partial charge in [-0.15, -0.1) is 0 Å². The zero-order valence-electron chi connectivity index (χ0n) is 15.5. The van der Waals surface area contributed by atoms with Crippen LogP contribution in [0, 0.1) is 0 Å². The van der Waals surface area contributed by atoms with Gasteiger partial charge in [-0.2, -0.15) is 0 Å². The Morgan fingerprint density at radius 1 is 1.11 bits per heavy atom. The van der Waals surface area contributed by atoms with E-state index in [2.05, 4.69) is 14.8 Å². The number of pyridine rings is 1. The van der Waals surface area contributed by atoms with Gasteiger partial charge >= 0.3 is 0 Å². The third-order valence-electron chi connectivity index (χ3n) is 5.24. The second-order valence-corrected chi connectivity index (χ2v) is 7.22. The Kier molecular flexibility index (Phi) is 5.19. The Morgan fingerprint density at radius 2 is 1.89 bits per heavy atom. The van der Waals surface area contributed by atoms with E-state index in [1.807, 2.05) is 18.2 Å². The predicted octanol–water partition coefficient (Wildman–Crippen LogP) is 2.20. The third kappa shape index (κ3) is 3.43. The van der Waals surface area contributed by atoms with Gasteiger partial charge in [-0.25, -0.2) is 9.88 Å². The monoisotopic (exact) mass is 400 g/mol. The van der Waals surface area contributed by atoms with Gasteiger partial charge in [0.15, 0.2) is 0 Å². The van der Waals surface area contributed by atoms with E-state index in [1.165, 1.54) is 12.0 Å². The summed E-state index contributed by atoms with van der Waals surface area (Å²) in [5, 5.41) is 0.369. The summed E-state index contributed by atoms with van der Waals surface area (Å²) >= 11 is 6.17. The number of anilines is 2. The van der Waals surface area contributed by atoms with Crippen molar-refractivity contribution in [2.75, 3.05) is 43.1 Å². The van der Waals surface area contributed by atoms with Crippen molar-refractivity contribution in [3.05, 3.63) is 47.6 Å². The highest BCUT2D eigenvalue weighted by molar-refractivity contribution is 6.33. The molecule has 1 aromatic carbocycles. The number of aromatic nitrogens is 1. The van der Waals surface area contributed by atoms with Gasteiger partial charge in [0.1, 0.15) is 11.6 Å². The molecule has 2 aromatic rings. The number of imide groups is 1. The van der Waals surface area contributed by atoms with Crippen molar-refractivity contribution < 1.29 is 14.3 Å². The van der Waals surface area contributed by atoms with Crippen molar-refractivity contribution in [3.8, 4) is 5.75 Å². The highest BCUT2D eigenvalue weighted by atomic mass is 35.5. The fourth-order valence-corrected chi connectivity index (χ4v) is 4.02. The summed E-state index contributed by atoms with van der Waals surface area (Å²) in [6.07, 6.45) is 1.96. The highest BCUT2D eigenvalue weighted by Crippen LogP contribution is 2.32. The lowest BCUT2D eigenvalue weighted by Gasteiger charge is -2.37. The molecule has 3 heterocycles. The number of hydrogen-bond donors (Lipinski definition) is 0. The topological polar surface area (TPSA) is 66.0 Å². The quantitative estimate of drug-likeness (QED) is 0.733. The fraction of sp³-hybridized carbons (Fsp3) is 0.350. The molecule has 28 heavy (non-hydrogen) atoms. The van der Waals surface area contributed by atoms with Crippen LogP contribution in [0.3, 0.4) is 0 Å². The van der Waals surface area contributed by atoms with Crippen molar-refractivity contribution in [3.63, 3.8) is 0 Å². The molecule has 7 nitrogen and oxygen atoms in total. The molecule has 0 spiro atoms. The number of methoxy groups -OCH3 is 1. The number of benzene rings is 1. The Labute approximate surface area is 168 Å². The lowest BCUT2D eigenvalue weighted by molar-refractivity contribution is -0.123. The first-order valence-electron chi connectivity index (χ1n) is 9.19. The average Bonchev–Trinajstić information content (AvgIpc) is 3.03. The van der Waals surface area contributed by atoms with Gasteiger partial charge in [-0.05, 0) is 30.3 Å². The second-order valence-electron chi connectivity index (χ2n) is 6.82. The maximum absolute atomic E-state index is 13.0. The lowest BCUT2D eigenvalue weighted by Crippen LogP contribution is -2.52. The van der Waals surface area contributed by atoms with E-state index in [-0.39, 0.29) is 18.2 Å².